The third-order valence-corrected chi connectivity index (χ3v) is 3.35. The van der Waals surface area contributed by atoms with Gasteiger partial charge in [-0.1, -0.05) is 45.9 Å². The molecule has 1 aromatic rings. The maximum Gasteiger partial charge on any atom is 0.0659 e. The molecular formula is C16H23N. The second-order valence-electron chi connectivity index (χ2n) is 5.83. The molecular weight excluding hydrogens is 206 g/mol. The molecule has 0 radical (unpaired) electrons. The number of benzene rings is 1. The summed E-state index contributed by atoms with van der Waals surface area (Å²) >= 11 is 0. The third-order valence-electron chi connectivity index (χ3n) is 3.35. The molecule has 0 aliphatic rings. The van der Waals surface area contributed by atoms with Gasteiger partial charge in [0.15, 0.2) is 0 Å². The van der Waals surface area contributed by atoms with E-state index in [9.17, 15) is 0 Å². The molecule has 0 saturated heterocycles. The van der Waals surface area contributed by atoms with Crippen molar-refractivity contribution in [3.8, 4) is 6.07 Å². The first-order valence-corrected chi connectivity index (χ1v) is 6.38. The fourth-order valence-electron chi connectivity index (χ4n) is 1.94. The van der Waals surface area contributed by atoms with Gasteiger partial charge in [0.25, 0.3) is 0 Å². The second kappa shape index (κ2) is 5.36. The zero-order valence-electron chi connectivity index (χ0n) is 11.7. The Labute approximate surface area is 105 Å². The zero-order valence-corrected chi connectivity index (χ0v) is 11.7. The lowest BCUT2D eigenvalue weighted by Gasteiger charge is -2.21. The summed E-state index contributed by atoms with van der Waals surface area (Å²) in [4.78, 5) is 0. The van der Waals surface area contributed by atoms with Gasteiger partial charge in [-0.2, -0.15) is 5.26 Å². The van der Waals surface area contributed by atoms with E-state index in [4.69, 9.17) is 5.26 Å². The molecule has 0 fully saturated rings. The van der Waals surface area contributed by atoms with Gasteiger partial charge in [0.05, 0.1) is 12.0 Å². The lowest BCUT2D eigenvalue weighted by molar-refractivity contribution is 0.588. The van der Waals surface area contributed by atoms with E-state index in [1.807, 2.05) is 0 Å². The lowest BCUT2D eigenvalue weighted by Crippen LogP contribution is -2.12. The molecule has 0 saturated carbocycles. The SMILES string of the molecule is CCC(C#N)Cc1ccc(C(C)(C)C)cc1C. The number of nitrogens with zero attached hydrogens (tertiary/aromatic N) is 1. The van der Waals surface area contributed by atoms with Gasteiger partial charge in [0.2, 0.25) is 0 Å². The van der Waals surface area contributed by atoms with Crippen LogP contribution < -0.4 is 0 Å². The van der Waals surface area contributed by atoms with Crippen LogP contribution in [0, 0.1) is 24.2 Å². The first-order valence-electron chi connectivity index (χ1n) is 6.38. The van der Waals surface area contributed by atoms with Crippen molar-refractivity contribution in [3.63, 3.8) is 0 Å². The average Bonchev–Trinajstić information content (AvgIpc) is 2.26. The molecule has 1 heteroatoms. The highest BCUT2D eigenvalue weighted by molar-refractivity contribution is 5.35. The van der Waals surface area contributed by atoms with Crippen LogP contribution in [0.4, 0.5) is 0 Å². The maximum atomic E-state index is 9.01. The predicted octanol–water partition coefficient (Wildman–Crippen LogP) is 4.38. The Morgan fingerprint density at radius 3 is 2.35 bits per heavy atom. The van der Waals surface area contributed by atoms with Crippen LogP contribution in [0.25, 0.3) is 0 Å². The van der Waals surface area contributed by atoms with Gasteiger partial charge in [-0.25, -0.2) is 0 Å². The minimum Gasteiger partial charge on any atom is -0.198 e. The van der Waals surface area contributed by atoms with Crippen molar-refractivity contribution in [1.82, 2.24) is 0 Å². The molecule has 17 heavy (non-hydrogen) atoms. The molecule has 0 aromatic heterocycles. The number of nitriles is 1. The van der Waals surface area contributed by atoms with Gasteiger partial charge in [-0.15, -0.1) is 0 Å². The Kier molecular flexibility index (Phi) is 4.34. The minimum absolute atomic E-state index is 0.147. The largest absolute Gasteiger partial charge is 0.198 e. The fraction of sp³-hybridized carbons (Fsp3) is 0.562. The van der Waals surface area contributed by atoms with Gasteiger partial charge in [0.1, 0.15) is 0 Å². The summed E-state index contributed by atoms with van der Waals surface area (Å²) in [6.45, 7) is 10.9. The van der Waals surface area contributed by atoms with Gasteiger partial charge in [-0.3, -0.25) is 0 Å². The molecule has 0 aliphatic carbocycles. The molecule has 1 unspecified atom stereocenters. The number of aryl methyl sites for hydroxylation is 1. The Morgan fingerprint density at radius 2 is 1.94 bits per heavy atom. The van der Waals surface area contributed by atoms with E-state index in [0.717, 1.165) is 12.8 Å². The molecule has 0 bridgehead atoms. The molecule has 1 atom stereocenters. The van der Waals surface area contributed by atoms with Gasteiger partial charge in [0, 0.05) is 0 Å². The van der Waals surface area contributed by atoms with Crippen LogP contribution in [-0.2, 0) is 11.8 Å². The molecule has 0 aliphatic heterocycles. The Morgan fingerprint density at radius 1 is 1.29 bits per heavy atom. The summed E-state index contributed by atoms with van der Waals surface area (Å²) in [7, 11) is 0. The van der Waals surface area contributed by atoms with Gasteiger partial charge < -0.3 is 0 Å². The summed E-state index contributed by atoms with van der Waals surface area (Å²) in [5.41, 5.74) is 4.18. The van der Waals surface area contributed by atoms with E-state index in [2.05, 4.69) is 58.9 Å². The molecule has 1 rings (SSSR count). The van der Waals surface area contributed by atoms with Crippen LogP contribution in [-0.4, -0.2) is 0 Å². The van der Waals surface area contributed by atoms with E-state index in [1.165, 1.54) is 16.7 Å². The number of hydrogen-bond donors (Lipinski definition) is 0. The quantitative estimate of drug-likeness (QED) is 0.754. The summed E-state index contributed by atoms with van der Waals surface area (Å²) < 4.78 is 0. The van der Waals surface area contributed by atoms with Gasteiger partial charge >= 0.3 is 0 Å². The Bertz CT molecular complexity index is 418. The summed E-state index contributed by atoms with van der Waals surface area (Å²) in [5, 5.41) is 9.01. The van der Waals surface area contributed by atoms with Crippen molar-refractivity contribution in [2.24, 2.45) is 5.92 Å². The van der Waals surface area contributed by atoms with E-state index >= 15 is 0 Å². The highest BCUT2D eigenvalue weighted by Gasteiger charge is 2.15. The van der Waals surface area contributed by atoms with Crippen molar-refractivity contribution in [2.75, 3.05) is 0 Å². The molecule has 92 valence electrons. The van der Waals surface area contributed by atoms with E-state index in [1.54, 1.807) is 0 Å². The first kappa shape index (κ1) is 13.8. The van der Waals surface area contributed by atoms with Crippen LogP contribution in [0.3, 0.4) is 0 Å². The zero-order chi connectivity index (χ0) is 13.1. The van der Waals surface area contributed by atoms with Crippen molar-refractivity contribution >= 4 is 0 Å². The highest BCUT2D eigenvalue weighted by Crippen LogP contribution is 2.25. The number of hydrogen-bond acceptors (Lipinski definition) is 1. The number of rotatable bonds is 3. The van der Waals surface area contributed by atoms with E-state index < -0.39 is 0 Å². The monoisotopic (exact) mass is 229 g/mol. The summed E-state index contributed by atoms with van der Waals surface area (Å²) in [5.74, 6) is 0.147. The Hall–Kier alpha value is -1.29. The van der Waals surface area contributed by atoms with Crippen LogP contribution in [0.1, 0.15) is 50.8 Å². The van der Waals surface area contributed by atoms with Crippen molar-refractivity contribution in [3.05, 3.63) is 34.9 Å². The fourth-order valence-corrected chi connectivity index (χ4v) is 1.94. The molecule has 1 nitrogen and oxygen atoms in total. The van der Waals surface area contributed by atoms with Crippen molar-refractivity contribution < 1.29 is 0 Å². The second-order valence-corrected chi connectivity index (χ2v) is 5.83. The molecule has 0 N–H and O–H groups in total. The van der Waals surface area contributed by atoms with Crippen molar-refractivity contribution in [1.29, 1.82) is 5.26 Å². The summed E-state index contributed by atoms with van der Waals surface area (Å²) in [6.07, 6.45) is 1.81. The first-order chi connectivity index (χ1) is 7.88. The van der Waals surface area contributed by atoms with Crippen LogP contribution in [0.2, 0.25) is 0 Å². The average molecular weight is 229 g/mol. The smallest absolute Gasteiger partial charge is 0.0659 e. The predicted molar refractivity (Wildman–Crippen MR) is 73.0 cm³/mol. The van der Waals surface area contributed by atoms with Crippen LogP contribution >= 0.6 is 0 Å². The van der Waals surface area contributed by atoms with Crippen LogP contribution in [0.5, 0.6) is 0 Å². The van der Waals surface area contributed by atoms with E-state index in [-0.39, 0.29) is 11.3 Å². The third kappa shape index (κ3) is 3.60. The standard InChI is InChI=1S/C16H23N/c1-6-13(11-17)10-14-7-8-15(9-12(14)2)16(3,4)5/h7-9,13H,6,10H2,1-5H3. The van der Waals surface area contributed by atoms with Crippen LogP contribution in [0.15, 0.2) is 18.2 Å². The van der Waals surface area contributed by atoms with Crippen molar-refractivity contribution in [2.45, 2.75) is 52.9 Å². The van der Waals surface area contributed by atoms with Gasteiger partial charge in [-0.05, 0) is 41.9 Å². The lowest BCUT2D eigenvalue weighted by atomic mass is 9.84. The topological polar surface area (TPSA) is 23.8 Å². The molecule has 1 aromatic carbocycles. The molecule has 0 heterocycles. The minimum atomic E-state index is 0.147. The normalized spacial score (nSPS) is 13.2. The molecule has 0 spiro atoms. The summed E-state index contributed by atoms with van der Waals surface area (Å²) in [6, 6.07) is 9.03. The highest BCUT2D eigenvalue weighted by atomic mass is 14.3. The maximum absolute atomic E-state index is 9.01. The Balaban J connectivity index is 2.95. The van der Waals surface area contributed by atoms with E-state index in [0.29, 0.717) is 0 Å². The molecule has 0 amide bonds.